The van der Waals surface area contributed by atoms with Gasteiger partial charge in [-0.05, 0) is 6.92 Å². The Balaban J connectivity index is 4.18. The number of aliphatic hydroxyl groups excluding tert-OH is 1. The van der Waals surface area contributed by atoms with Crippen molar-refractivity contribution in [1.82, 2.24) is 0 Å². The molecule has 1 heteroatoms. The van der Waals surface area contributed by atoms with E-state index in [-0.39, 0.29) is 5.41 Å². The quantitative estimate of drug-likeness (QED) is 0.484. The van der Waals surface area contributed by atoms with Crippen LogP contribution in [0.25, 0.3) is 0 Å². The van der Waals surface area contributed by atoms with Crippen molar-refractivity contribution in [3.05, 3.63) is 12.2 Å². The van der Waals surface area contributed by atoms with Crippen molar-refractivity contribution in [3.63, 3.8) is 0 Å². The maximum atomic E-state index is 9.53. The van der Waals surface area contributed by atoms with Crippen LogP contribution in [0.2, 0.25) is 0 Å². The molecule has 1 N–H and O–H groups in total. The zero-order valence-electron chi connectivity index (χ0n) is 7.46. The summed E-state index contributed by atoms with van der Waals surface area (Å²) in [5.41, 5.74) is -0.207. The second kappa shape index (κ2) is 4.20. The van der Waals surface area contributed by atoms with E-state index in [0.717, 1.165) is 0 Å². The predicted molar refractivity (Wildman–Crippen MR) is 48.1 cm³/mol. The van der Waals surface area contributed by atoms with Gasteiger partial charge in [-0.1, -0.05) is 26.0 Å². The molecule has 0 aromatic carbocycles. The molecule has 0 rings (SSSR count). The molecule has 0 spiro atoms. The fourth-order valence-corrected chi connectivity index (χ4v) is 0.810. The lowest BCUT2D eigenvalue weighted by atomic mass is 9.83. The lowest BCUT2D eigenvalue weighted by Gasteiger charge is -2.25. The molecule has 0 fully saturated rings. The average Bonchev–Trinajstić information content (AvgIpc) is 1.88. The maximum Gasteiger partial charge on any atom is 0.0780 e. The molecule has 0 amide bonds. The van der Waals surface area contributed by atoms with E-state index in [1.807, 2.05) is 26.8 Å². The Morgan fingerprint density at radius 2 is 2.18 bits per heavy atom. The molecule has 62 valence electrons. The molecule has 11 heavy (non-hydrogen) atoms. The maximum absolute atomic E-state index is 9.53. The third-order valence-electron chi connectivity index (χ3n) is 1.73. The van der Waals surface area contributed by atoms with Gasteiger partial charge in [-0.3, -0.25) is 0 Å². The third kappa shape index (κ3) is 3.25. The van der Waals surface area contributed by atoms with Crippen molar-refractivity contribution in [3.8, 4) is 12.3 Å². The Bertz CT molecular complexity index is 172. The normalized spacial score (nSPS) is 14.8. The standard InChI is InChI=1S/C10H16O/c1-5-7-9(11)10(3,4)8-6-2/h2,5,7,9,11H,8H2,1,3-4H3/b7-5+. The minimum Gasteiger partial charge on any atom is -0.388 e. The fourth-order valence-electron chi connectivity index (χ4n) is 0.810. The average molecular weight is 152 g/mol. The molecule has 0 saturated heterocycles. The van der Waals surface area contributed by atoms with Crippen molar-refractivity contribution in [2.45, 2.75) is 33.3 Å². The van der Waals surface area contributed by atoms with Crippen LogP contribution in [0.15, 0.2) is 12.2 Å². The third-order valence-corrected chi connectivity index (χ3v) is 1.73. The number of allylic oxidation sites excluding steroid dienone is 1. The summed E-state index contributed by atoms with van der Waals surface area (Å²) in [5, 5.41) is 9.53. The van der Waals surface area contributed by atoms with Crippen LogP contribution in [0.3, 0.4) is 0 Å². The van der Waals surface area contributed by atoms with Gasteiger partial charge >= 0.3 is 0 Å². The molecule has 0 aromatic rings. The highest BCUT2D eigenvalue weighted by atomic mass is 16.3. The van der Waals surface area contributed by atoms with Crippen LogP contribution in [-0.4, -0.2) is 11.2 Å². The van der Waals surface area contributed by atoms with Crippen molar-refractivity contribution in [2.24, 2.45) is 5.41 Å². The summed E-state index contributed by atoms with van der Waals surface area (Å²) in [6, 6.07) is 0. The second-order valence-corrected chi connectivity index (χ2v) is 3.34. The van der Waals surface area contributed by atoms with Crippen LogP contribution >= 0.6 is 0 Å². The van der Waals surface area contributed by atoms with Gasteiger partial charge in [0.1, 0.15) is 0 Å². The van der Waals surface area contributed by atoms with Gasteiger partial charge in [-0.2, -0.15) is 0 Å². The summed E-state index contributed by atoms with van der Waals surface area (Å²) in [4.78, 5) is 0. The molecule has 0 aromatic heterocycles. The van der Waals surface area contributed by atoms with E-state index in [0.29, 0.717) is 6.42 Å². The first kappa shape index (κ1) is 10.3. The fraction of sp³-hybridized carbons (Fsp3) is 0.600. The number of hydrogen-bond donors (Lipinski definition) is 1. The van der Waals surface area contributed by atoms with Crippen LogP contribution in [0, 0.1) is 17.8 Å². The van der Waals surface area contributed by atoms with Gasteiger partial charge in [0.15, 0.2) is 0 Å². The Kier molecular flexibility index (Phi) is 3.92. The summed E-state index contributed by atoms with van der Waals surface area (Å²) in [6.07, 6.45) is 8.92. The van der Waals surface area contributed by atoms with E-state index < -0.39 is 6.10 Å². The molecule has 1 unspecified atom stereocenters. The van der Waals surface area contributed by atoms with Crippen LogP contribution in [-0.2, 0) is 0 Å². The molecular weight excluding hydrogens is 136 g/mol. The van der Waals surface area contributed by atoms with Gasteiger partial charge in [-0.15, -0.1) is 12.3 Å². The van der Waals surface area contributed by atoms with Crippen LogP contribution in [0.1, 0.15) is 27.2 Å². The van der Waals surface area contributed by atoms with Gasteiger partial charge in [0.2, 0.25) is 0 Å². The lowest BCUT2D eigenvalue weighted by molar-refractivity contribution is 0.0946. The van der Waals surface area contributed by atoms with Gasteiger partial charge < -0.3 is 5.11 Å². The van der Waals surface area contributed by atoms with Crippen molar-refractivity contribution in [2.75, 3.05) is 0 Å². The minimum atomic E-state index is -0.441. The molecule has 0 aliphatic heterocycles. The molecule has 0 heterocycles. The Morgan fingerprint density at radius 1 is 1.64 bits per heavy atom. The number of hydrogen-bond acceptors (Lipinski definition) is 1. The summed E-state index contributed by atoms with van der Waals surface area (Å²) in [6.45, 7) is 5.80. The van der Waals surface area contributed by atoms with E-state index in [2.05, 4.69) is 5.92 Å². The molecule has 0 bridgehead atoms. The Morgan fingerprint density at radius 3 is 2.55 bits per heavy atom. The molecule has 0 aliphatic rings. The predicted octanol–water partition coefficient (Wildman–Crippen LogP) is 1.97. The van der Waals surface area contributed by atoms with Crippen LogP contribution in [0.4, 0.5) is 0 Å². The minimum absolute atomic E-state index is 0.207. The van der Waals surface area contributed by atoms with E-state index in [4.69, 9.17) is 6.42 Å². The number of terminal acetylenes is 1. The highest BCUT2D eigenvalue weighted by molar-refractivity contribution is 5.00. The van der Waals surface area contributed by atoms with Crippen molar-refractivity contribution in [1.29, 1.82) is 0 Å². The number of rotatable bonds is 3. The Labute approximate surface area is 69.1 Å². The molecular formula is C10H16O. The summed E-state index contributed by atoms with van der Waals surface area (Å²) in [5.74, 6) is 2.55. The topological polar surface area (TPSA) is 20.2 Å². The first-order valence-electron chi connectivity index (χ1n) is 3.79. The van der Waals surface area contributed by atoms with E-state index in [9.17, 15) is 5.11 Å². The molecule has 0 saturated carbocycles. The lowest BCUT2D eigenvalue weighted by Crippen LogP contribution is -2.26. The van der Waals surface area contributed by atoms with Crippen LogP contribution in [0.5, 0.6) is 0 Å². The van der Waals surface area contributed by atoms with Gasteiger partial charge in [0, 0.05) is 11.8 Å². The first-order valence-corrected chi connectivity index (χ1v) is 3.79. The highest BCUT2D eigenvalue weighted by Crippen LogP contribution is 2.25. The summed E-state index contributed by atoms with van der Waals surface area (Å²) >= 11 is 0. The van der Waals surface area contributed by atoms with Gasteiger partial charge in [-0.25, -0.2) is 0 Å². The van der Waals surface area contributed by atoms with Crippen LogP contribution < -0.4 is 0 Å². The Hall–Kier alpha value is -0.740. The number of aliphatic hydroxyl groups is 1. The van der Waals surface area contributed by atoms with Gasteiger partial charge in [0.05, 0.1) is 6.10 Å². The van der Waals surface area contributed by atoms with Crippen molar-refractivity contribution >= 4 is 0 Å². The summed E-state index contributed by atoms with van der Waals surface area (Å²) in [7, 11) is 0. The highest BCUT2D eigenvalue weighted by Gasteiger charge is 2.24. The molecule has 0 aliphatic carbocycles. The molecule has 1 nitrogen and oxygen atoms in total. The smallest absolute Gasteiger partial charge is 0.0780 e. The SMILES string of the molecule is C#CCC(C)(C)C(O)/C=C/C. The van der Waals surface area contributed by atoms with E-state index in [1.165, 1.54) is 0 Å². The largest absolute Gasteiger partial charge is 0.388 e. The van der Waals surface area contributed by atoms with E-state index >= 15 is 0 Å². The zero-order chi connectivity index (χ0) is 8.91. The first-order chi connectivity index (χ1) is 5.04. The van der Waals surface area contributed by atoms with Crippen molar-refractivity contribution < 1.29 is 5.11 Å². The molecule has 1 atom stereocenters. The van der Waals surface area contributed by atoms with E-state index in [1.54, 1.807) is 6.08 Å². The monoisotopic (exact) mass is 152 g/mol. The zero-order valence-corrected chi connectivity index (χ0v) is 7.46. The van der Waals surface area contributed by atoms with Gasteiger partial charge in [0.25, 0.3) is 0 Å². The second-order valence-electron chi connectivity index (χ2n) is 3.34. The molecule has 0 radical (unpaired) electrons. The summed E-state index contributed by atoms with van der Waals surface area (Å²) < 4.78 is 0.